The molecule has 1 heterocycles. The van der Waals surface area contributed by atoms with E-state index < -0.39 is 23.5 Å². The van der Waals surface area contributed by atoms with Crippen LogP contribution in [0.1, 0.15) is 25.8 Å². The van der Waals surface area contributed by atoms with E-state index >= 15 is 0 Å². The fourth-order valence-electron chi connectivity index (χ4n) is 2.46. The quantitative estimate of drug-likeness (QED) is 0.551. The molecule has 0 aliphatic heterocycles. The third kappa shape index (κ3) is 5.64. The van der Waals surface area contributed by atoms with Crippen LogP contribution in [0.5, 0.6) is 0 Å². The number of anilines is 1. The molecule has 1 atom stereocenters. The molecule has 134 valence electrons. The molecule has 25 heavy (non-hydrogen) atoms. The lowest BCUT2D eigenvalue weighted by molar-refractivity contribution is -0.120. The lowest BCUT2D eigenvalue weighted by Gasteiger charge is -2.33. The second-order valence-corrected chi connectivity index (χ2v) is 7.93. The van der Waals surface area contributed by atoms with E-state index in [4.69, 9.17) is 17.3 Å². The van der Waals surface area contributed by atoms with Gasteiger partial charge < -0.3 is 10.4 Å². The zero-order chi connectivity index (χ0) is 18.4. The van der Waals surface area contributed by atoms with Crippen molar-refractivity contribution in [3.8, 4) is 0 Å². The number of nitrogens with zero attached hydrogens (tertiary/aromatic N) is 1. The van der Waals surface area contributed by atoms with Gasteiger partial charge in [0.1, 0.15) is 6.04 Å². The minimum atomic E-state index is -1.25. The normalized spacial score (nSPS) is 12.4. The number of carbonyl (C=O) groups is 2. The van der Waals surface area contributed by atoms with Gasteiger partial charge in [-0.15, -0.1) is 5.10 Å². The van der Waals surface area contributed by atoms with Gasteiger partial charge in [0.05, 0.1) is 0 Å². The van der Waals surface area contributed by atoms with E-state index in [-0.39, 0.29) is 0 Å². The zero-order valence-electron chi connectivity index (χ0n) is 13.9. The van der Waals surface area contributed by atoms with E-state index in [0.717, 1.165) is 23.3 Å². The molecule has 4 N–H and O–H groups in total. The largest absolute Gasteiger partial charge is 0.465 e. The molecule has 1 unspecified atom stereocenters. The summed E-state index contributed by atoms with van der Waals surface area (Å²) in [7, 11) is 0. The van der Waals surface area contributed by atoms with Gasteiger partial charge in [-0.3, -0.25) is 15.2 Å². The fourth-order valence-corrected chi connectivity index (χ4v) is 3.25. The van der Waals surface area contributed by atoms with Crippen molar-refractivity contribution in [3.05, 3.63) is 39.8 Å². The molecule has 0 bridgehead atoms. The molecule has 2 aromatic rings. The standard InChI is InChI=1S/C16H20N4O3S2/c1-16(2,9-8-10-6-4-3-5-7-10)11(17-14(22)23)12(21)18-13-19-20-15(24)25-13/h3-7,11,17H,8-9H2,1-2H3,(H,20,24)(H,22,23)(H,18,19,21). The highest BCUT2D eigenvalue weighted by molar-refractivity contribution is 7.73. The van der Waals surface area contributed by atoms with Crippen molar-refractivity contribution in [1.82, 2.24) is 15.5 Å². The molecular formula is C16H20N4O3S2. The van der Waals surface area contributed by atoms with Crippen molar-refractivity contribution < 1.29 is 14.7 Å². The molecule has 2 rings (SSSR count). The Hall–Kier alpha value is -2.26. The van der Waals surface area contributed by atoms with Crippen molar-refractivity contribution in [2.45, 2.75) is 32.7 Å². The lowest BCUT2D eigenvalue weighted by Crippen LogP contribution is -2.52. The Balaban J connectivity index is 2.11. The maximum atomic E-state index is 12.6. The molecule has 2 amide bonds. The van der Waals surface area contributed by atoms with Gasteiger partial charge in [0.2, 0.25) is 11.0 Å². The van der Waals surface area contributed by atoms with E-state index in [1.807, 2.05) is 44.2 Å². The summed E-state index contributed by atoms with van der Waals surface area (Å²) in [5.41, 5.74) is 0.533. The highest BCUT2D eigenvalue weighted by Gasteiger charge is 2.36. The number of carbonyl (C=O) groups excluding carboxylic acids is 1. The van der Waals surface area contributed by atoms with Gasteiger partial charge in [0.25, 0.3) is 0 Å². The highest BCUT2D eigenvalue weighted by Crippen LogP contribution is 2.28. The predicted molar refractivity (Wildman–Crippen MR) is 99.4 cm³/mol. The first kappa shape index (κ1) is 19.1. The number of carboxylic acid groups (broad SMARTS) is 1. The van der Waals surface area contributed by atoms with Gasteiger partial charge in [-0.2, -0.15) is 0 Å². The highest BCUT2D eigenvalue weighted by atomic mass is 32.1. The van der Waals surface area contributed by atoms with Gasteiger partial charge in [-0.1, -0.05) is 55.5 Å². The monoisotopic (exact) mass is 380 g/mol. The van der Waals surface area contributed by atoms with Gasteiger partial charge in [0, 0.05) is 0 Å². The van der Waals surface area contributed by atoms with Crippen LogP contribution in [0.3, 0.4) is 0 Å². The van der Waals surface area contributed by atoms with Gasteiger partial charge in [-0.05, 0) is 36.0 Å². The smallest absolute Gasteiger partial charge is 0.405 e. The Kier molecular flexibility index (Phi) is 6.27. The number of aromatic amines is 1. The van der Waals surface area contributed by atoms with Crippen LogP contribution in [0.4, 0.5) is 9.93 Å². The summed E-state index contributed by atoms with van der Waals surface area (Å²) >= 11 is 6.04. The zero-order valence-corrected chi connectivity index (χ0v) is 15.5. The summed E-state index contributed by atoms with van der Waals surface area (Å²) in [6, 6.07) is 8.93. The number of benzene rings is 1. The first-order chi connectivity index (χ1) is 11.8. The number of hydrogen-bond donors (Lipinski definition) is 4. The number of aryl methyl sites for hydroxylation is 1. The second-order valence-electron chi connectivity index (χ2n) is 6.26. The Morgan fingerprint density at radius 3 is 2.60 bits per heavy atom. The van der Waals surface area contributed by atoms with Crippen molar-refractivity contribution >= 4 is 40.7 Å². The number of nitrogens with one attached hydrogen (secondary N) is 3. The van der Waals surface area contributed by atoms with Crippen LogP contribution in [0, 0.1) is 9.37 Å². The molecule has 1 aromatic heterocycles. The molecule has 0 fully saturated rings. The van der Waals surface area contributed by atoms with E-state index in [1.54, 1.807) is 0 Å². The maximum Gasteiger partial charge on any atom is 0.405 e. The molecule has 0 aliphatic carbocycles. The molecule has 0 saturated heterocycles. The molecule has 0 saturated carbocycles. The molecule has 0 aliphatic rings. The van der Waals surface area contributed by atoms with Crippen molar-refractivity contribution in [1.29, 1.82) is 0 Å². The van der Waals surface area contributed by atoms with Gasteiger partial charge in [0.15, 0.2) is 3.95 Å². The van der Waals surface area contributed by atoms with Crippen LogP contribution in [0.15, 0.2) is 30.3 Å². The number of hydrogen-bond acceptors (Lipinski definition) is 5. The lowest BCUT2D eigenvalue weighted by atomic mass is 9.78. The topological polar surface area (TPSA) is 107 Å². The van der Waals surface area contributed by atoms with Crippen LogP contribution < -0.4 is 10.6 Å². The van der Waals surface area contributed by atoms with E-state index in [9.17, 15) is 9.59 Å². The Morgan fingerprint density at radius 1 is 1.36 bits per heavy atom. The molecule has 9 heteroatoms. The first-order valence-electron chi connectivity index (χ1n) is 7.68. The Bertz CT molecular complexity index is 786. The minimum Gasteiger partial charge on any atom is -0.465 e. The first-order valence-corrected chi connectivity index (χ1v) is 8.90. The number of aromatic nitrogens is 2. The van der Waals surface area contributed by atoms with Crippen LogP contribution in [0.2, 0.25) is 0 Å². The summed E-state index contributed by atoms with van der Waals surface area (Å²) in [5.74, 6) is -0.460. The summed E-state index contributed by atoms with van der Waals surface area (Å²) in [5, 5.41) is 20.8. The SMILES string of the molecule is CC(C)(CCc1ccccc1)C(NC(=O)O)C(=O)Nc1n[nH]c(=S)s1. The minimum absolute atomic E-state index is 0.311. The molecular weight excluding hydrogens is 360 g/mol. The van der Waals surface area contributed by atoms with Gasteiger partial charge in [-0.25, -0.2) is 4.79 Å². The van der Waals surface area contributed by atoms with Crippen molar-refractivity contribution in [2.75, 3.05) is 5.32 Å². The summed E-state index contributed by atoms with van der Waals surface area (Å²) in [6.07, 6.45) is 0.119. The van der Waals surface area contributed by atoms with E-state index in [1.165, 1.54) is 0 Å². The summed E-state index contributed by atoms with van der Waals surface area (Å²) in [4.78, 5) is 23.8. The van der Waals surface area contributed by atoms with E-state index in [2.05, 4.69) is 20.8 Å². The third-order valence-electron chi connectivity index (χ3n) is 3.88. The van der Waals surface area contributed by atoms with Crippen LogP contribution >= 0.6 is 23.6 Å². The van der Waals surface area contributed by atoms with Crippen LogP contribution in [0.25, 0.3) is 0 Å². The van der Waals surface area contributed by atoms with E-state index in [0.29, 0.717) is 15.5 Å². The average Bonchev–Trinajstić information content (AvgIpc) is 2.96. The predicted octanol–water partition coefficient (Wildman–Crippen LogP) is 3.43. The fraction of sp³-hybridized carbons (Fsp3) is 0.375. The van der Waals surface area contributed by atoms with Crippen LogP contribution in [-0.4, -0.2) is 33.3 Å². The van der Waals surface area contributed by atoms with Gasteiger partial charge >= 0.3 is 6.09 Å². The number of rotatable bonds is 7. The number of amides is 2. The van der Waals surface area contributed by atoms with Crippen molar-refractivity contribution in [3.63, 3.8) is 0 Å². The molecule has 0 spiro atoms. The molecule has 1 aromatic carbocycles. The Labute approximate surface area is 154 Å². The maximum absolute atomic E-state index is 12.6. The average molecular weight is 380 g/mol. The number of H-pyrrole nitrogens is 1. The summed E-state index contributed by atoms with van der Waals surface area (Å²) < 4.78 is 0.432. The Morgan fingerprint density at radius 2 is 2.04 bits per heavy atom. The molecule has 0 radical (unpaired) electrons. The van der Waals surface area contributed by atoms with Crippen molar-refractivity contribution in [2.24, 2.45) is 5.41 Å². The third-order valence-corrected chi connectivity index (χ3v) is 4.89. The molecule has 7 nitrogen and oxygen atoms in total. The summed E-state index contributed by atoms with van der Waals surface area (Å²) in [6.45, 7) is 3.73. The second kappa shape index (κ2) is 8.21. The van der Waals surface area contributed by atoms with Crippen LogP contribution in [-0.2, 0) is 11.2 Å².